The third-order valence-corrected chi connectivity index (χ3v) is 6.66. The van der Waals surface area contributed by atoms with Gasteiger partial charge in [-0.15, -0.1) is 0 Å². The molecule has 3 heterocycles. The van der Waals surface area contributed by atoms with E-state index < -0.39 is 36.3 Å². The number of carbonyl (C=O) groups excluding carboxylic acids is 3. The standard InChI is InChI=1S/C28H38FN3O6/c1-17(2)26-19(4)9-10-24(34)30-11-5-7-18(3)13-21(33)14-20(29)15-25-31-22(16-37-25)27(35)32-12-6-8-23(32)28(36)38-26/h5,7,9-10,13,16-17,19-21,23,26,33H,6,8,11-12,14-15H2,1-4H3,(H,30,34)/b7-5-,10-9-,18-13-/t19-,20-,21+,23+,26-/m0/s1. The fraction of sp³-hybridized carbons (Fsp3) is 0.571. The van der Waals surface area contributed by atoms with Crippen molar-refractivity contribution in [3.05, 3.63) is 53.8 Å². The van der Waals surface area contributed by atoms with Crippen molar-refractivity contribution in [1.29, 1.82) is 0 Å². The van der Waals surface area contributed by atoms with Gasteiger partial charge in [0, 0.05) is 25.4 Å². The fourth-order valence-electron chi connectivity index (χ4n) is 4.74. The molecule has 38 heavy (non-hydrogen) atoms. The van der Waals surface area contributed by atoms with Crippen LogP contribution in [0.5, 0.6) is 0 Å². The second kappa shape index (κ2) is 13.5. The van der Waals surface area contributed by atoms with Gasteiger partial charge in [-0.05, 0) is 31.8 Å². The summed E-state index contributed by atoms with van der Waals surface area (Å²) in [6.07, 6.45) is 7.01. The Bertz CT molecular complexity index is 1080. The minimum absolute atomic E-state index is 0.00515. The zero-order valence-corrected chi connectivity index (χ0v) is 22.4. The Morgan fingerprint density at radius 3 is 2.74 bits per heavy atom. The SMILES string of the molecule is CC1=C/[C@@H](O)C[C@H](F)Cc2nc(co2)C(=O)N2CCC[C@@H]2C(=O)O[C@@H](C(C)C)[C@@H](C)/C=C\C(=O)NC/C=C\1. The van der Waals surface area contributed by atoms with Crippen molar-refractivity contribution in [1.82, 2.24) is 15.2 Å². The number of alkyl halides is 1. The Kier molecular flexibility index (Phi) is 10.4. The normalized spacial score (nSPS) is 31.7. The number of halogens is 1. The monoisotopic (exact) mass is 531 g/mol. The molecule has 0 aromatic carbocycles. The van der Waals surface area contributed by atoms with E-state index in [4.69, 9.17) is 9.15 Å². The molecule has 1 aromatic heterocycles. The largest absolute Gasteiger partial charge is 0.460 e. The predicted octanol–water partition coefficient (Wildman–Crippen LogP) is 3.30. The van der Waals surface area contributed by atoms with Crippen LogP contribution in [-0.4, -0.2) is 70.3 Å². The summed E-state index contributed by atoms with van der Waals surface area (Å²) in [4.78, 5) is 44.1. The van der Waals surface area contributed by atoms with E-state index in [1.54, 1.807) is 25.2 Å². The molecule has 1 saturated heterocycles. The number of oxazole rings is 1. The van der Waals surface area contributed by atoms with E-state index in [0.717, 1.165) is 0 Å². The molecule has 2 N–H and O–H groups in total. The van der Waals surface area contributed by atoms with Crippen LogP contribution in [0, 0.1) is 11.8 Å². The Labute approximate surface area is 222 Å². The Morgan fingerprint density at radius 2 is 2.00 bits per heavy atom. The zero-order chi connectivity index (χ0) is 27.8. The van der Waals surface area contributed by atoms with Gasteiger partial charge in [0.25, 0.3) is 5.91 Å². The van der Waals surface area contributed by atoms with Crippen molar-refractivity contribution in [3.63, 3.8) is 0 Å². The van der Waals surface area contributed by atoms with E-state index in [1.807, 2.05) is 20.8 Å². The summed E-state index contributed by atoms with van der Waals surface area (Å²) in [6, 6.07) is -0.768. The number of cyclic esters (lactones) is 1. The molecule has 0 radical (unpaired) electrons. The van der Waals surface area contributed by atoms with Crippen LogP contribution in [0.2, 0.25) is 0 Å². The molecule has 2 aliphatic heterocycles. The number of fused-ring (bicyclic) bond motifs is 3. The average molecular weight is 532 g/mol. The number of amides is 2. The highest BCUT2D eigenvalue weighted by Gasteiger charge is 2.38. The van der Waals surface area contributed by atoms with E-state index >= 15 is 0 Å². The summed E-state index contributed by atoms with van der Waals surface area (Å²) in [5, 5.41) is 13.0. The molecule has 2 amide bonds. The molecule has 0 aliphatic carbocycles. The zero-order valence-electron chi connectivity index (χ0n) is 22.4. The third-order valence-electron chi connectivity index (χ3n) is 6.66. The second-order valence-corrected chi connectivity index (χ2v) is 10.3. The maximum Gasteiger partial charge on any atom is 0.329 e. The third kappa shape index (κ3) is 8.11. The molecule has 2 bridgehead atoms. The lowest BCUT2D eigenvalue weighted by Gasteiger charge is -2.29. The molecule has 9 nitrogen and oxygen atoms in total. The van der Waals surface area contributed by atoms with Gasteiger partial charge in [-0.2, -0.15) is 0 Å². The summed E-state index contributed by atoms with van der Waals surface area (Å²) in [7, 11) is 0. The molecule has 1 aromatic rings. The predicted molar refractivity (Wildman–Crippen MR) is 139 cm³/mol. The number of aliphatic hydroxyl groups excluding tert-OH is 1. The van der Waals surface area contributed by atoms with Crippen LogP contribution in [0.3, 0.4) is 0 Å². The molecule has 0 unspecified atom stereocenters. The van der Waals surface area contributed by atoms with Gasteiger partial charge in [-0.1, -0.05) is 50.6 Å². The summed E-state index contributed by atoms with van der Waals surface area (Å²) in [5.74, 6) is -1.51. The van der Waals surface area contributed by atoms with E-state index in [9.17, 15) is 23.9 Å². The smallest absolute Gasteiger partial charge is 0.329 e. The number of rotatable bonds is 1. The van der Waals surface area contributed by atoms with Crippen molar-refractivity contribution in [2.75, 3.05) is 13.1 Å². The molecule has 0 saturated carbocycles. The van der Waals surface area contributed by atoms with Gasteiger partial charge in [0.2, 0.25) is 5.91 Å². The van der Waals surface area contributed by atoms with Gasteiger partial charge in [0.05, 0.1) is 12.5 Å². The van der Waals surface area contributed by atoms with Gasteiger partial charge in [0.1, 0.15) is 24.6 Å². The van der Waals surface area contributed by atoms with E-state index in [-0.39, 0.29) is 48.7 Å². The van der Waals surface area contributed by atoms with E-state index in [0.29, 0.717) is 25.0 Å². The number of allylic oxidation sites excluding steroid dienone is 2. The minimum Gasteiger partial charge on any atom is -0.460 e. The number of hydrogen-bond donors (Lipinski definition) is 2. The van der Waals surface area contributed by atoms with Crippen LogP contribution in [0.1, 0.15) is 63.3 Å². The Morgan fingerprint density at radius 1 is 1.24 bits per heavy atom. The molecular formula is C28H38FN3O6. The number of ether oxygens (including phenoxy) is 1. The molecule has 0 spiro atoms. The highest BCUT2D eigenvalue weighted by atomic mass is 19.1. The van der Waals surface area contributed by atoms with E-state index in [1.165, 1.54) is 23.3 Å². The maximum absolute atomic E-state index is 14.6. The Hall–Kier alpha value is -3.27. The molecule has 10 heteroatoms. The first-order valence-electron chi connectivity index (χ1n) is 13.1. The lowest BCUT2D eigenvalue weighted by molar-refractivity contribution is -0.158. The van der Waals surface area contributed by atoms with Crippen molar-refractivity contribution in [2.45, 2.75) is 77.8 Å². The first kappa shape index (κ1) is 29.3. The number of esters is 1. The topological polar surface area (TPSA) is 122 Å². The van der Waals surface area contributed by atoms with Crippen molar-refractivity contribution < 1.29 is 33.0 Å². The van der Waals surface area contributed by atoms with Crippen molar-refractivity contribution in [2.24, 2.45) is 11.8 Å². The fourth-order valence-corrected chi connectivity index (χ4v) is 4.74. The first-order valence-corrected chi connectivity index (χ1v) is 13.1. The van der Waals surface area contributed by atoms with E-state index in [2.05, 4.69) is 10.3 Å². The van der Waals surface area contributed by atoms with Gasteiger partial charge in [0.15, 0.2) is 11.6 Å². The summed E-state index contributed by atoms with van der Waals surface area (Å²) in [6.45, 7) is 8.13. The summed E-state index contributed by atoms with van der Waals surface area (Å²) < 4.78 is 25.8. The van der Waals surface area contributed by atoms with Crippen molar-refractivity contribution >= 4 is 17.8 Å². The molecule has 3 rings (SSSR count). The van der Waals surface area contributed by atoms with Crippen LogP contribution < -0.4 is 5.32 Å². The highest BCUT2D eigenvalue weighted by Crippen LogP contribution is 2.25. The number of nitrogens with zero attached hydrogens (tertiary/aromatic N) is 2. The van der Waals surface area contributed by atoms with Crippen LogP contribution in [0.4, 0.5) is 4.39 Å². The lowest BCUT2D eigenvalue weighted by atomic mass is 9.94. The van der Waals surface area contributed by atoms with Crippen LogP contribution >= 0.6 is 0 Å². The van der Waals surface area contributed by atoms with Gasteiger partial charge < -0.3 is 24.5 Å². The highest BCUT2D eigenvalue weighted by molar-refractivity contribution is 5.95. The number of carbonyl (C=O) groups is 3. The molecule has 208 valence electrons. The maximum atomic E-state index is 14.6. The number of hydrogen-bond acceptors (Lipinski definition) is 7. The number of nitrogens with one attached hydrogen (secondary N) is 1. The minimum atomic E-state index is -1.45. The number of aliphatic hydroxyl groups is 1. The van der Waals surface area contributed by atoms with Crippen molar-refractivity contribution in [3.8, 4) is 0 Å². The lowest BCUT2D eigenvalue weighted by Crippen LogP contribution is -2.44. The van der Waals surface area contributed by atoms with Gasteiger partial charge in [-0.25, -0.2) is 14.2 Å². The first-order chi connectivity index (χ1) is 18.0. The van der Waals surface area contributed by atoms with Crippen LogP contribution in [-0.2, 0) is 20.7 Å². The molecule has 1 fully saturated rings. The van der Waals surface area contributed by atoms with Crippen LogP contribution in [0.15, 0.2) is 46.6 Å². The average Bonchev–Trinajstić information content (AvgIpc) is 3.52. The number of aromatic nitrogens is 1. The quantitative estimate of drug-likeness (QED) is 0.533. The molecule has 5 atom stereocenters. The molecular weight excluding hydrogens is 493 g/mol. The second-order valence-electron chi connectivity index (χ2n) is 10.3. The summed E-state index contributed by atoms with van der Waals surface area (Å²) in [5.41, 5.74) is 0.710. The molecule has 2 aliphatic rings. The summed E-state index contributed by atoms with van der Waals surface area (Å²) >= 11 is 0. The Balaban J connectivity index is 1.85. The van der Waals surface area contributed by atoms with Crippen LogP contribution in [0.25, 0.3) is 0 Å². The van der Waals surface area contributed by atoms with Gasteiger partial charge >= 0.3 is 5.97 Å². The van der Waals surface area contributed by atoms with Gasteiger partial charge in [-0.3, -0.25) is 9.59 Å².